The van der Waals surface area contributed by atoms with Gasteiger partial charge in [0, 0.05) is 13.1 Å². The van der Waals surface area contributed by atoms with Crippen LogP contribution < -0.4 is 0 Å². The average molecular weight is 256 g/mol. The minimum Gasteiger partial charge on any atom is -0.481 e. The second-order valence-corrected chi connectivity index (χ2v) is 4.78. The molecule has 0 spiro atoms. The van der Waals surface area contributed by atoms with Crippen molar-refractivity contribution in [3.63, 3.8) is 0 Å². The molecule has 2 rings (SSSR count). The van der Waals surface area contributed by atoms with Crippen LogP contribution in [0.2, 0.25) is 0 Å². The minimum absolute atomic E-state index is 0.0147. The monoisotopic (exact) mass is 256 g/mol. The summed E-state index contributed by atoms with van der Waals surface area (Å²) in [6, 6.07) is 0. The molecule has 0 bridgehead atoms. The molecule has 0 aromatic carbocycles. The Morgan fingerprint density at radius 3 is 2.67 bits per heavy atom. The Hall–Kier alpha value is -1.63. The Bertz CT molecular complexity index is 384. The lowest BCUT2D eigenvalue weighted by Gasteiger charge is -2.17. The number of carboxylic acid groups (broad SMARTS) is 1. The normalized spacial score (nSPS) is 28.5. The molecule has 0 radical (unpaired) electrons. The highest BCUT2D eigenvalue weighted by Crippen LogP contribution is 2.23. The molecule has 2 amide bonds. The third-order valence-corrected chi connectivity index (χ3v) is 3.43. The Labute approximate surface area is 104 Å². The molecular formula is C11H16N2O5. The molecule has 2 aliphatic heterocycles. The molecule has 2 fully saturated rings. The molecule has 2 aliphatic rings. The van der Waals surface area contributed by atoms with Gasteiger partial charge in [0.15, 0.2) is 0 Å². The molecule has 0 unspecified atom stereocenters. The molecule has 0 saturated carbocycles. The number of imide groups is 1. The van der Waals surface area contributed by atoms with Crippen LogP contribution in [0.1, 0.15) is 6.92 Å². The Balaban J connectivity index is 1.89. The summed E-state index contributed by atoms with van der Waals surface area (Å²) in [5.41, 5.74) is 0. The van der Waals surface area contributed by atoms with Crippen LogP contribution in [0.15, 0.2) is 0 Å². The van der Waals surface area contributed by atoms with Crippen LogP contribution in [0.25, 0.3) is 0 Å². The second-order valence-electron chi connectivity index (χ2n) is 4.78. The van der Waals surface area contributed by atoms with Crippen LogP contribution >= 0.6 is 0 Å². The van der Waals surface area contributed by atoms with Gasteiger partial charge in [-0.25, -0.2) is 9.69 Å². The van der Waals surface area contributed by atoms with Gasteiger partial charge in [-0.1, -0.05) is 6.92 Å². The molecule has 7 nitrogen and oxygen atoms in total. The molecule has 0 aromatic rings. The third kappa shape index (κ3) is 2.45. The number of likely N-dealkylation sites (tertiary alicyclic amines) is 1. The number of amides is 2. The van der Waals surface area contributed by atoms with E-state index in [1.54, 1.807) is 4.90 Å². The van der Waals surface area contributed by atoms with Crippen molar-refractivity contribution in [1.29, 1.82) is 0 Å². The van der Waals surface area contributed by atoms with Gasteiger partial charge in [0.2, 0.25) is 5.91 Å². The number of hydrogen-bond acceptors (Lipinski definition) is 5. The van der Waals surface area contributed by atoms with Gasteiger partial charge in [0.05, 0.1) is 19.0 Å². The first kappa shape index (κ1) is 12.8. The number of ether oxygens (including phenoxy) is 1. The van der Waals surface area contributed by atoms with E-state index in [-0.39, 0.29) is 31.5 Å². The molecule has 0 aromatic heterocycles. The van der Waals surface area contributed by atoms with Crippen molar-refractivity contribution in [2.24, 2.45) is 11.8 Å². The summed E-state index contributed by atoms with van der Waals surface area (Å²) in [7, 11) is 0. The van der Waals surface area contributed by atoms with E-state index in [1.165, 1.54) is 0 Å². The van der Waals surface area contributed by atoms with Crippen molar-refractivity contribution in [3.8, 4) is 0 Å². The number of hydrogen-bond donors (Lipinski definition) is 1. The maximum absolute atomic E-state index is 11.8. The molecular weight excluding hydrogens is 240 g/mol. The van der Waals surface area contributed by atoms with Gasteiger partial charge in [-0.05, 0) is 5.92 Å². The lowest BCUT2D eigenvalue weighted by molar-refractivity contribution is -0.142. The Kier molecular flexibility index (Phi) is 3.51. The summed E-state index contributed by atoms with van der Waals surface area (Å²) in [5, 5.41) is 8.99. The number of cyclic esters (lactones) is 1. The van der Waals surface area contributed by atoms with Gasteiger partial charge in [0.1, 0.15) is 6.61 Å². The lowest BCUT2D eigenvalue weighted by Crippen LogP contribution is -2.40. The van der Waals surface area contributed by atoms with E-state index in [2.05, 4.69) is 4.74 Å². The number of nitrogens with zero attached hydrogens (tertiary/aromatic N) is 2. The predicted molar refractivity (Wildman–Crippen MR) is 59.8 cm³/mol. The smallest absolute Gasteiger partial charge is 0.416 e. The summed E-state index contributed by atoms with van der Waals surface area (Å²) < 4.78 is 4.69. The fraction of sp³-hybridized carbons (Fsp3) is 0.727. The van der Waals surface area contributed by atoms with E-state index in [9.17, 15) is 14.4 Å². The zero-order valence-corrected chi connectivity index (χ0v) is 10.2. The summed E-state index contributed by atoms with van der Waals surface area (Å²) in [5.74, 6) is -1.59. The quantitative estimate of drug-likeness (QED) is 0.740. The van der Waals surface area contributed by atoms with Crippen molar-refractivity contribution < 1.29 is 24.2 Å². The molecule has 100 valence electrons. The van der Waals surface area contributed by atoms with Crippen LogP contribution in [0.3, 0.4) is 0 Å². The van der Waals surface area contributed by atoms with Crippen molar-refractivity contribution in [2.75, 3.05) is 32.8 Å². The molecule has 7 heteroatoms. The van der Waals surface area contributed by atoms with Crippen LogP contribution in [0, 0.1) is 11.8 Å². The minimum atomic E-state index is -0.835. The zero-order valence-electron chi connectivity index (χ0n) is 10.2. The largest absolute Gasteiger partial charge is 0.481 e. The van der Waals surface area contributed by atoms with Gasteiger partial charge >= 0.3 is 12.1 Å². The fourth-order valence-electron chi connectivity index (χ4n) is 2.41. The first-order valence-electron chi connectivity index (χ1n) is 5.91. The number of aliphatic carboxylic acids is 1. The topological polar surface area (TPSA) is 87.2 Å². The summed E-state index contributed by atoms with van der Waals surface area (Å²) in [6.07, 6.45) is -0.609. The number of carbonyl (C=O) groups excluding carboxylic acids is 2. The molecule has 0 aliphatic carbocycles. The first-order chi connectivity index (χ1) is 8.49. The Morgan fingerprint density at radius 2 is 2.17 bits per heavy atom. The van der Waals surface area contributed by atoms with Crippen molar-refractivity contribution in [2.45, 2.75) is 6.92 Å². The van der Waals surface area contributed by atoms with Crippen molar-refractivity contribution in [1.82, 2.24) is 9.80 Å². The van der Waals surface area contributed by atoms with Crippen LogP contribution in [-0.4, -0.2) is 65.7 Å². The third-order valence-electron chi connectivity index (χ3n) is 3.43. The molecule has 2 atom stereocenters. The highest BCUT2D eigenvalue weighted by molar-refractivity contribution is 5.94. The van der Waals surface area contributed by atoms with Gasteiger partial charge in [-0.2, -0.15) is 0 Å². The van der Waals surface area contributed by atoms with E-state index in [0.717, 1.165) is 4.90 Å². The zero-order chi connectivity index (χ0) is 13.3. The summed E-state index contributed by atoms with van der Waals surface area (Å²) in [6.45, 7) is 3.36. The summed E-state index contributed by atoms with van der Waals surface area (Å²) in [4.78, 5) is 36.8. The van der Waals surface area contributed by atoms with Gasteiger partial charge in [0.25, 0.3) is 0 Å². The SMILES string of the molecule is C[C@@H]1CN(CC(=O)N2CCOC2=O)C[C@H]1C(=O)O. The highest BCUT2D eigenvalue weighted by atomic mass is 16.6. The fourth-order valence-corrected chi connectivity index (χ4v) is 2.41. The summed E-state index contributed by atoms with van der Waals surface area (Å²) >= 11 is 0. The van der Waals surface area contributed by atoms with Crippen LogP contribution in [0.4, 0.5) is 4.79 Å². The van der Waals surface area contributed by atoms with E-state index in [4.69, 9.17) is 5.11 Å². The van der Waals surface area contributed by atoms with Crippen LogP contribution in [0.5, 0.6) is 0 Å². The van der Waals surface area contributed by atoms with Crippen molar-refractivity contribution >= 4 is 18.0 Å². The van der Waals surface area contributed by atoms with E-state index in [1.807, 2.05) is 6.92 Å². The van der Waals surface area contributed by atoms with Gasteiger partial charge in [-0.15, -0.1) is 0 Å². The van der Waals surface area contributed by atoms with E-state index >= 15 is 0 Å². The lowest BCUT2D eigenvalue weighted by atomic mass is 9.99. The Morgan fingerprint density at radius 1 is 1.44 bits per heavy atom. The average Bonchev–Trinajstić information content (AvgIpc) is 2.84. The molecule has 1 N–H and O–H groups in total. The number of rotatable bonds is 3. The predicted octanol–water partition coefficient (Wildman–Crippen LogP) is -0.382. The first-order valence-corrected chi connectivity index (χ1v) is 5.91. The van der Waals surface area contributed by atoms with Gasteiger partial charge in [-0.3, -0.25) is 14.5 Å². The van der Waals surface area contributed by atoms with Gasteiger partial charge < -0.3 is 9.84 Å². The maximum Gasteiger partial charge on any atom is 0.416 e. The van der Waals surface area contributed by atoms with Crippen molar-refractivity contribution in [3.05, 3.63) is 0 Å². The van der Waals surface area contributed by atoms with E-state index in [0.29, 0.717) is 13.1 Å². The molecule has 2 saturated heterocycles. The van der Waals surface area contributed by atoms with E-state index < -0.39 is 18.0 Å². The maximum atomic E-state index is 11.8. The van der Waals surface area contributed by atoms with Crippen LogP contribution in [-0.2, 0) is 14.3 Å². The molecule has 18 heavy (non-hydrogen) atoms. The highest BCUT2D eigenvalue weighted by Gasteiger charge is 2.37. The number of carboxylic acids is 1. The number of carbonyl (C=O) groups is 3. The molecule has 2 heterocycles. The second kappa shape index (κ2) is 4.93. The standard InChI is InChI=1S/C11H16N2O5/c1-7-4-12(5-8(7)10(15)16)6-9(14)13-2-3-18-11(13)17/h7-8H,2-6H2,1H3,(H,15,16)/t7-,8-/m1/s1.